The zero-order chi connectivity index (χ0) is 13.0. The summed E-state index contributed by atoms with van der Waals surface area (Å²) in [5, 5.41) is 7.40. The molecule has 18 heavy (non-hydrogen) atoms. The number of imidazole rings is 1. The van der Waals surface area contributed by atoms with Crippen LogP contribution >= 0.6 is 23.1 Å². The monoisotopic (exact) mass is 283 g/mol. The third kappa shape index (κ3) is 3.08. The number of nitrogens with zero attached hydrogens (tertiary/aromatic N) is 2. The van der Waals surface area contributed by atoms with Crippen molar-refractivity contribution in [3.63, 3.8) is 0 Å². The van der Waals surface area contributed by atoms with E-state index in [4.69, 9.17) is 4.98 Å². The Morgan fingerprint density at radius 2 is 2.33 bits per heavy atom. The van der Waals surface area contributed by atoms with E-state index in [1.165, 1.54) is 23.6 Å². The smallest absolute Gasteiger partial charge is 0.194 e. The summed E-state index contributed by atoms with van der Waals surface area (Å²) in [7, 11) is 0. The SMILES string of the molecule is CCCNCc1c(SC(C)CC)nc2sccn12. The standard InChI is InChI=1S/C13H21N3S2/c1-4-6-14-9-11-12(18-10(3)5-2)15-13-16(11)7-8-17-13/h7-8,10,14H,4-6,9H2,1-3H3. The van der Waals surface area contributed by atoms with Gasteiger partial charge in [-0.25, -0.2) is 4.98 Å². The number of nitrogens with one attached hydrogen (secondary N) is 1. The van der Waals surface area contributed by atoms with Crippen LogP contribution < -0.4 is 5.32 Å². The van der Waals surface area contributed by atoms with Crippen LogP contribution in [0.5, 0.6) is 0 Å². The van der Waals surface area contributed by atoms with Gasteiger partial charge in [-0.15, -0.1) is 23.1 Å². The van der Waals surface area contributed by atoms with Crippen LogP contribution in [0.25, 0.3) is 4.96 Å². The van der Waals surface area contributed by atoms with Crippen LogP contribution in [0.3, 0.4) is 0 Å². The van der Waals surface area contributed by atoms with Crippen LogP contribution in [0, 0.1) is 0 Å². The molecule has 3 nitrogen and oxygen atoms in total. The lowest BCUT2D eigenvalue weighted by molar-refractivity contribution is 0.653. The summed E-state index contributed by atoms with van der Waals surface area (Å²) in [4.78, 5) is 5.85. The van der Waals surface area contributed by atoms with Crippen LogP contribution in [0.4, 0.5) is 0 Å². The summed E-state index contributed by atoms with van der Waals surface area (Å²) < 4.78 is 2.22. The van der Waals surface area contributed by atoms with Crippen LogP contribution in [0.2, 0.25) is 0 Å². The molecular weight excluding hydrogens is 262 g/mol. The van der Waals surface area contributed by atoms with E-state index >= 15 is 0 Å². The van der Waals surface area contributed by atoms with Crippen molar-refractivity contribution in [1.82, 2.24) is 14.7 Å². The molecule has 0 saturated carbocycles. The van der Waals surface area contributed by atoms with Crippen LogP contribution in [-0.4, -0.2) is 21.2 Å². The molecular formula is C13H21N3S2. The maximum absolute atomic E-state index is 4.74. The van der Waals surface area contributed by atoms with Gasteiger partial charge in [0.05, 0.1) is 5.69 Å². The molecule has 2 heterocycles. The molecule has 0 aliphatic carbocycles. The first-order chi connectivity index (χ1) is 8.76. The summed E-state index contributed by atoms with van der Waals surface area (Å²) in [6, 6.07) is 0. The molecule has 1 atom stereocenters. The Morgan fingerprint density at radius 3 is 3.06 bits per heavy atom. The van der Waals surface area contributed by atoms with Gasteiger partial charge in [0.1, 0.15) is 5.03 Å². The van der Waals surface area contributed by atoms with Gasteiger partial charge >= 0.3 is 0 Å². The zero-order valence-corrected chi connectivity index (χ0v) is 12.9. The van der Waals surface area contributed by atoms with Gasteiger partial charge in [0.15, 0.2) is 4.96 Å². The fourth-order valence-corrected chi connectivity index (χ4v) is 3.51. The average Bonchev–Trinajstić information content (AvgIpc) is 2.92. The third-order valence-corrected chi connectivity index (χ3v) is 4.97. The number of hydrogen-bond acceptors (Lipinski definition) is 4. The predicted molar refractivity (Wildman–Crippen MR) is 80.7 cm³/mol. The van der Waals surface area contributed by atoms with Crippen molar-refractivity contribution in [2.75, 3.05) is 6.54 Å². The van der Waals surface area contributed by atoms with E-state index in [-0.39, 0.29) is 0 Å². The van der Waals surface area contributed by atoms with Crippen molar-refractivity contribution in [1.29, 1.82) is 0 Å². The van der Waals surface area contributed by atoms with Gasteiger partial charge in [0.25, 0.3) is 0 Å². The van der Waals surface area contributed by atoms with E-state index in [0.29, 0.717) is 5.25 Å². The van der Waals surface area contributed by atoms with Crippen LogP contribution in [-0.2, 0) is 6.54 Å². The molecule has 0 radical (unpaired) electrons. The van der Waals surface area contributed by atoms with Gasteiger partial charge in [0, 0.05) is 23.4 Å². The zero-order valence-electron chi connectivity index (χ0n) is 11.3. The topological polar surface area (TPSA) is 29.3 Å². The molecule has 2 aromatic rings. The highest BCUT2D eigenvalue weighted by Crippen LogP contribution is 2.30. The summed E-state index contributed by atoms with van der Waals surface area (Å²) in [5.74, 6) is 0. The Kier molecular flexibility index (Phi) is 5.09. The minimum absolute atomic E-state index is 0.625. The lowest BCUT2D eigenvalue weighted by Gasteiger charge is -2.09. The Hall–Kier alpha value is -0.520. The fourth-order valence-electron chi connectivity index (χ4n) is 1.73. The van der Waals surface area contributed by atoms with Crippen molar-refractivity contribution in [2.45, 2.75) is 50.4 Å². The highest BCUT2D eigenvalue weighted by molar-refractivity contribution is 7.99. The molecule has 0 aliphatic rings. The molecule has 2 rings (SSSR count). The lowest BCUT2D eigenvalue weighted by atomic mass is 10.4. The van der Waals surface area contributed by atoms with Crippen LogP contribution in [0.1, 0.15) is 39.3 Å². The summed E-state index contributed by atoms with van der Waals surface area (Å²) >= 11 is 3.60. The highest BCUT2D eigenvalue weighted by Gasteiger charge is 2.15. The van der Waals surface area contributed by atoms with E-state index in [2.05, 4.69) is 42.1 Å². The minimum atomic E-state index is 0.625. The number of hydrogen-bond donors (Lipinski definition) is 1. The minimum Gasteiger partial charge on any atom is -0.311 e. The Balaban J connectivity index is 2.20. The van der Waals surface area contributed by atoms with E-state index < -0.39 is 0 Å². The van der Waals surface area contributed by atoms with Gasteiger partial charge in [-0.3, -0.25) is 4.40 Å². The van der Waals surface area contributed by atoms with E-state index in [1.807, 2.05) is 11.8 Å². The molecule has 1 N–H and O–H groups in total. The molecule has 5 heteroatoms. The lowest BCUT2D eigenvalue weighted by Crippen LogP contribution is -2.15. The van der Waals surface area contributed by atoms with Crippen LogP contribution in [0.15, 0.2) is 16.6 Å². The second-order valence-electron chi connectivity index (χ2n) is 4.43. The van der Waals surface area contributed by atoms with E-state index in [9.17, 15) is 0 Å². The van der Waals surface area contributed by atoms with Crippen molar-refractivity contribution in [3.8, 4) is 0 Å². The Morgan fingerprint density at radius 1 is 1.50 bits per heavy atom. The van der Waals surface area contributed by atoms with Gasteiger partial charge in [-0.2, -0.15) is 0 Å². The van der Waals surface area contributed by atoms with Gasteiger partial charge < -0.3 is 5.32 Å². The van der Waals surface area contributed by atoms with Crippen molar-refractivity contribution >= 4 is 28.1 Å². The van der Waals surface area contributed by atoms with Crippen molar-refractivity contribution in [3.05, 3.63) is 17.3 Å². The van der Waals surface area contributed by atoms with Gasteiger partial charge in [-0.05, 0) is 19.4 Å². The maximum Gasteiger partial charge on any atom is 0.194 e. The van der Waals surface area contributed by atoms with E-state index in [0.717, 1.165) is 18.1 Å². The Labute approximate surface area is 117 Å². The molecule has 1 unspecified atom stereocenters. The predicted octanol–water partition coefficient (Wildman–Crippen LogP) is 3.79. The second kappa shape index (κ2) is 6.59. The summed E-state index contributed by atoms with van der Waals surface area (Å²) in [6.45, 7) is 8.65. The van der Waals surface area contributed by atoms with Crippen molar-refractivity contribution < 1.29 is 0 Å². The normalized spacial score (nSPS) is 13.3. The number of rotatable bonds is 7. The second-order valence-corrected chi connectivity index (χ2v) is 6.73. The largest absolute Gasteiger partial charge is 0.311 e. The Bertz CT molecular complexity index is 489. The van der Waals surface area contributed by atoms with Crippen molar-refractivity contribution in [2.24, 2.45) is 0 Å². The number of thioether (sulfide) groups is 1. The molecule has 100 valence electrons. The summed E-state index contributed by atoms with van der Waals surface area (Å²) in [6.07, 6.45) is 4.47. The number of fused-ring (bicyclic) bond motifs is 1. The van der Waals surface area contributed by atoms with Gasteiger partial charge in [0.2, 0.25) is 0 Å². The first-order valence-corrected chi connectivity index (χ1v) is 8.34. The average molecular weight is 283 g/mol. The highest BCUT2D eigenvalue weighted by atomic mass is 32.2. The molecule has 0 saturated heterocycles. The maximum atomic E-state index is 4.74. The first-order valence-electron chi connectivity index (χ1n) is 6.58. The molecule has 0 amide bonds. The molecule has 0 fully saturated rings. The molecule has 0 spiro atoms. The molecule has 0 bridgehead atoms. The van der Waals surface area contributed by atoms with E-state index in [1.54, 1.807) is 11.3 Å². The number of aromatic nitrogens is 2. The molecule has 0 aromatic carbocycles. The number of thiazole rings is 1. The fraction of sp³-hybridized carbons (Fsp3) is 0.615. The molecule has 2 aromatic heterocycles. The van der Waals surface area contributed by atoms with Gasteiger partial charge in [-0.1, -0.05) is 20.8 Å². The summed E-state index contributed by atoms with van der Waals surface area (Å²) in [5.41, 5.74) is 1.31. The quantitative estimate of drug-likeness (QED) is 0.619. The third-order valence-electron chi connectivity index (χ3n) is 2.93. The molecule has 0 aliphatic heterocycles. The first kappa shape index (κ1) is 13.9.